The summed E-state index contributed by atoms with van der Waals surface area (Å²) in [5, 5.41) is 29.3. The van der Waals surface area contributed by atoms with Crippen molar-refractivity contribution < 1.29 is 15.0 Å². The fourth-order valence-corrected chi connectivity index (χ4v) is 1.01. The number of nitrogens with zero attached hydrogens (tertiary/aromatic N) is 1. The van der Waals surface area contributed by atoms with E-state index in [1.807, 2.05) is 6.07 Å². The van der Waals surface area contributed by atoms with Gasteiger partial charge in [-0.2, -0.15) is 5.26 Å². The number of phenols is 2. The van der Waals surface area contributed by atoms with Gasteiger partial charge in [0.1, 0.15) is 17.5 Å². The maximum absolute atomic E-state index is 11.5. The van der Waals surface area contributed by atoms with Crippen LogP contribution in [-0.2, 0) is 0 Å². The van der Waals surface area contributed by atoms with Crippen LogP contribution in [0.3, 0.4) is 0 Å². The molecule has 15 heavy (non-hydrogen) atoms. The molecule has 0 saturated heterocycles. The normalized spacial score (nSPS) is 11.5. The van der Waals surface area contributed by atoms with Crippen molar-refractivity contribution in [3.05, 3.63) is 23.8 Å². The maximum atomic E-state index is 11.5. The summed E-state index contributed by atoms with van der Waals surface area (Å²) in [5.41, 5.74) is -0.0582. The Morgan fingerprint density at radius 1 is 1.53 bits per heavy atom. The molecule has 1 unspecified atom stereocenters. The summed E-state index contributed by atoms with van der Waals surface area (Å²) < 4.78 is 0. The lowest BCUT2D eigenvalue weighted by atomic mass is 10.1. The summed E-state index contributed by atoms with van der Waals surface area (Å²) in [4.78, 5) is 11.5. The predicted octanol–water partition coefficient (Wildman–Crippen LogP) is 0.740. The third-order valence-electron chi connectivity index (χ3n) is 1.77. The Balaban J connectivity index is 2.92. The first-order valence-electron chi connectivity index (χ1n) is 4.27. The number of amides is 1. The summed E-state index contributed by atoms with van der Waals surface area (Å²) in [6.07, 6.45) is 0. The van der Waals surface area contributed by atoms with Crippen LogP contribution in [-0.4, -0.2) is 22.2 Å². The summed E-state index contributed by atoms with van der Waals surface area (Å²) in [7, 11) is 0. The molecule has 78 valence electrons. The molecule has 0 bridgehead atoms. The third kappa shape index (κ3) is 2.61. The summed E-state index contributed by atoms with van der Waals surface area (Å²) >= 11 is 0. The van der Waals surface area contributed by atoms with Crippen LogP contribution >= 0.6 is 0 Å². The van der Waals surface area contributed by atoms with Gasteiger partial charge in [-0.25, -0.2) is 0 Å². The lowest BCUT2D eigenvalue weighted by Crippen LogP contribution is -2.31. The fourth-order valence-electron chi connectivity index (χ4n) is 1.01. The van der Waals surface area contributed by atoms with E-state index < -0.39 is 11.9 Å². The van der Waals surface area contributed by atoms with Crippen LogP contribution in [0.15, 0.2) is 18.2 Å². The van der Waals surface area contributed by atoms with Gasteiger partial charge in [-0.05, 0) is 25.1 Å². The first-order valence-corrected chi connectivity index (χ1v) is 4.27. The zero-order chi connectivity index (χ0) is 11.4. The van der Waals surface area contributed by atoms with Gasteiger partial charge in [0.05, 0.1) is 11.6 Å². The van der Waals surface area contributed by atoms with Crippen molar-refractivity contribution in [2.75, 3.05) is 0 Å². The van der Waals surface area contributed by atoms with E-state index in [1.54, 1.807) is 0 Å². The van der Waals surface area contributed by atoms with Crippen LogP contribution in [0.25, 0.3) is 0 Å². The van der Waals surface area contributed by atoms with E-state index in [4.69, 9.17) is 10.4 Å². The fraction of sp³-hybridized carbons (Fsp3) is 0.200. The number of phenolic OH excluding ortho intramolecular Hbond substituents is 2. The second-order valence-electron chi connectivity index (χ2n) is 3.03. The molecule has 0 aliphatic heterocycles. The Morgan fingerprint density at radius 3 is 2.80 bits per heavy atom. The second-order valence-corrected chi connectivity index (χ2v) is 3.03. The van der Waals surface area contributed by atoms with Crippen LogP contribution in [0.2, 0.25) is 0 Å². The van der Waals surface area contributed by atoms with Gasteiger partial charge >= 0.3 is 0 Å². The molecule has 0 saturated carbocycles. The summed E-state index contributed by atoms with van der Waals surface area (Å²) in [6.45, 7) is 1.51. The number of nitriles is 1. The van der Waals surface area contributed by atoms with Gasteiger partial charge in [-0.1, -0.05) is 0 Å². The molecular weight excluding hydrogens is 196 g/mol. The largest absolute Gasteiger partial charge is 0.508 e. The van der Waals surface area contributed by atoms with E-state index in [-0.39, 0.29) is 17.1 Å². The average molecular weight is 206 g/mol. The quantitative estimate of drug-likeness (QED) is 0.622. The molecule has 0 spiro atoms. The van der Waals surface area contributed by atoms with Crippen molar-refractivity contribution in [2.45, 2.75) is 13.0 Å². The first kappa shape index (κ1) is 10.9. The van der Waals surface area contributed by atoms with Crippen molar-refractivity contribution in [3.63, 3.8) is 0 Å². The highest BCUT2D eigenvalue weighted by molar-refractivity contribution is 5.97. The smallest absolute Gasteiger partial charge is 0.256 e. The standard InChI is InChI=1S/C10H10N2O3/c1-6(5-11)12-10(15)8-4-7(13)2-3-9(8)14/h2-4,6,13-14H,1H3,(H,12,15). The molecule has 1 amide bonds. The van der Waals surface area contributed by atoms with E-state index >= 15 is 0 Å². The van der Waals surface area contributed by atoms with Crippen molar-refractivity contribution in [3.8, 4) is 17.6 Å². The number of carbonyl (C=O) groups excluding carboxylic acids is 1. The van der Waals surface area contributed by atoms with E-state index in [2.05, 4.69) is 5.32 Å². The van der Waals surface area contributed by atoms with Crippen LogP contribution in [0.5, 0.6) is 11.5 Å². The van der Waals surface area contributed by atoms with Gasteiger partial charge < -0.3 is 15.5 Å². The molecule has 0 heterocycles. The average Bonchev–Trinajstić information content (AvgIpc) is 2.21. The second kappa shape index (κ2) is 4.33. The monoisotopic (exact) mass is 206 g/mol. The van der Waals surface area contributed by atoms with Crippen LogP contribution < -0.4 is 5.32 Å². The van der Waals surface area contributed by atoms with Crippen molar-refractivity contribution in [1.29, 1.82) is 5.26 Å². The van der Waals surface area contributed by atoms with E-state index in [0.717, 1.165) is 6.07 Å². The first-order chi connectivity index (χ1) is 7.04. The molecule has 0 fully saturated rings. The van der Waals surface area contributed by atoms with Crippen molar-refractivity contribution in [1.82, 2.24) is 5.32 Å². The topological polar surface area (TPSA) is 93.4 Å². The minimum absolute atomic E-state index is 0.0582. The number of nitrogens with one attached hydrogen (secondary N) is 1. The van der Waals surface area contributed by atoms with Gasteiger partial charge in [0.25, 0.3) is 5.91 Å². The molecule has 0 radical (unpaired) electrons. The van der Waals surface area contributed by atoms with Crippen molar-refractivity contribution >= 4 is 5.91 Å². The predicted molar refractivity (Wildman–Crippen MR) is 52.3 cm³/mol. The van der Waals surface area contributed by atoms with Crippen LogP contribution in [0.4, 0.5) is 0 Å². The van der Waals surface area contributed by atoms with Crippen LogP contribution in [0, 0.1) is 11.3 Å². The van der Waals surface area contributed by atoms with E-state index in [1.165, 1.54) is 19.1 Å². The molecule has 1 rings (SSSR count). The van der Waals surface area contributed by atoms with Gasteiger partial charge in [-0.15, -0.1) is 0 Å². The highest BCUT2D eigenvalue weighted by atomic mass is 16.3. The number of carbonyl (C=O) groups is 1. The zero-order valence-corrected chi connectivity index (χ0v) is 8.06. The van der Waals surface area contributed by atoms with E-state index in [9.17, 15) is 9.90 Å². The molecular formula is C10H10N2O3. The highest BCUT2D eigenvalue weighted by Gasteiger charge is 2.13. The molecule has 5 heteroatoms. The number of rotatable bonds is 2. The minimum Gasteiger partial charge on any atom is -0.508 e. The Labute approximate surface area is 86.6 Å². The minimum atomic E-state index is -0.653. The molecule has 0 aliphatic rings. The number of benzene rings is 1. The molecule has 3 N–H and O–H groups in total. The van der Waals surface area contributed by atoms with Crippen LogP contribution in [0.1, 0.15) is 17.3 Å². The molecule has 1 aromatic carbocycles. The molecule has 0 aliphatic carbocycles. The van der Waals surface area contributed by atoms with Crippen molar-refractivity contribution in [2.24, 2.45) is 0 Å². The SMILES string of the molecule is CC(C#N)NC(=O)c1cc(O)ccc1O. The van der Waals surface area contributed by atoms with E-state index in [0.29, 0.717) is 0 Å². The third-order valence-corrected chi connectivity index (χ3v) is 1.77. The maximum Gasteiger partial charge on any atom is 0.256 e. The summed E-state index contributed by atoms with van der Waals surface area (Å²) in [6, 6.07) is 4.78. The zero-order valence-electron chi connectivity index (χ0n) is 8.06. The Bertz CT molecular complexity index is 423. The summed E-state index contributed by atoms with van der Waals surface area (Å²) in [5.74, 6) is -0.963. The van der Waals surface area contributed by atoms with Gasteiger partial charge in [-0.3, -0.25) is 4.79 Å². The van der Waals surface area contributed by atoms with Gasteiger partial charge in [0.2, 0.25) is 0 Å². The number of aromatic hydroxyl groups is 2. The molecule has 1 atom stereocenters. The molecule has 1 aromatic rings. The highest BCUT2D eigenvalue weighted by Crippen LogP contribution is 2.21. The Morgan fingerprint density at radius 2 is 2.20 bits per heavy atom. The number of hydrogen-bond acceptors (Lipinski definition) is 4. The number of hydrogen-bond donors (Lipinski definition) is 3. The molecule has 0 aromatic heterocycles. The Kier molecular flexibility index (Phi) is 3.13. The lowest BCUT2D eigenvalue weighted by Gasteiger charge is -2.07. The Hall–Kier alpha value is -2.22. The lowest BCUT2D eigenvalue weighted by molar-refractivity contribution is 0.0944. The molecule has 5 nitrogen and oxygen atoms in total. The van der Waals surface area contributed by atoms with Gasteiger partial charge in [0, 0.05) is 0 Å². The van der Waals surface area contributed by atoms with Gasteiger partial charge in [0.15, 0.2) is 0 Å².